The third-order valence-electron chi connectivity index (χ3n) is 1.74. The molecular formula is C10H14. The first-order valence-corrected chi connectivity index (χ1v) is 3.74. The maximum absolute atomic E-state index is 2.22. The molecule has 1 aliphatic carbocycles. The van der Waals surface area contributed by atoms with Gasteiger partial charge in [-0.25, -0.2) is 0 Å². The lowest BCUT2D eigenvalue weighted by Crippen LogP contribution is -1.90. The highest BCUT2D eigenvalue weighted by molar-refractivity contribution is 5.38. The predicted octanol–water partition coefficient (Wildman–Crippen LogP) is 3.08. The van der Waals surface area contributed by atoms with Crippen molar-refractivity contribution >= 4 is 0 Å². The van der Waals surface area contributed by atoms with E-state index >= 15 is 0 Å². The van der Waals surface area contributed by atoms with Crippen LogP contribution >= 0.6 is 0 Å². The summed E-state index contributed by atoms with van der Waals surface area (Å²) in [6.45, 7) is 6.47. The van der Waals surface area contributed by atoms with Gasteiger partial charge in [0, 0.05) is 0 Å². The predicted molar refractivity (Wildman–Crippen MR) is 45.8 cm³/mol. The highest BCUT2D eigenvalue weighted by atomic mass is 14.0. The lowest BCUT2D eigenvalue weighted by atomic mass is 9.99. The lowest BCUT2D eigenvalue weighted by Gasteiger charge is -2.06. The minimum Gasteiger partial charge on any atom is -0.0773 e. The van der Waals surface area contributed by atoms with Gasteiger partial charge in [-0.1, -0.05) is 36.8 Å². The third kappa shape index (κ3) is 1.60. The first-order valence-electron chi connectivity index (χ1n) is 3.74. The van der Waals surface area contributed by atoms with Crippen molar-refractivity contribution in [2.24, 2.45) is 5.92 Å². The fraction of sp³-hybridized carbons (Fsp3) is 0.400. The first kappa shape index (κ1) is 7.33. The van der Waals surface area contributed by atoms with Crippen LogP contribution in [0, 0.1) is 5.92 Å². The lowest BCUT2D eigenvalue weighted by molar-refractivity contribution is 0.927. The Morgan fingerprint density at radius 3 is 2.10 bits per heavy atom. The van der Waals surface area contributed by atoms with E-state index in [9.17, 15) is 0 Å². The monoisotopic (exact) mass is 134 g/mol. The molecule has 0 aromatic heterocycles. The zero-order chi connectivity index (χ0) is 7.56. The number of allylic oxidation sites excluding steroid dienone is 6. The summed E-state index contributed by atoms with van der Waals surface area (Å²) in [5.41, 5.74) is 2.75. The van der Waals surface area contributed by atoms with Crippen molar-refractivity contribution in [3.63, 3.8) is 0 Å². The van der Waals surface area contributed by atoms with Gasteiger partial charge in [0.15, 0.2) is 0 Å². The second-order valence-corrected chi connectivity index (χ2v) is 3.03. The second-order valence-electron chi connectivity index (χ2n) is 3.03. The average molecular weight is 134 g/mol. The summed E-state index contributed by atoms with van der Waals surface area (Å²) in [6, 6.07) is 0. The van der Waals surface area contributed by atoms with Crippen molar-refractivity contribution < 1.29 is 0 Å². The molecule has 0 unspecified atom stereocenters. The SMILES string of the molecule is CC(C)=C1C=CC(C)C=C1. The topological polar surface area (TPSA) is 0 Å². The molecule has 0 saturated heterocycles. The molecule has 0 fully saturated rings. The molecule has 0 amide bonds. The van der Waals surface area contributed by atoms with Crippen LogP contribution in [-0.2, 0) is 0 Å². The van der Waals surface area contributed by atoms with E-state index in [2.05, 4.69) is 45.1 Å². The van der Waals surface area contributed by atoms with Crippen LogP contribution in [0.5, 0.6) is 0 Å². The maximum atomic E-state index is 2.22. The van der Waals surface area contributed by atoms with E-state index in [-0.39, 0.29) is 0 Å². The number of rotatable bonds is 0. The van der Waals surface area contributed by atoms with Crippen molar-refractivity contribution in [3.05, 3.63) is 35.5 Å². The minimum atomic E-state index is 0.614. The third-order valence-corrected chi connectivity index (χ3v) is 1.74. The van der Waals surface area contributed by atoms with E-state index in [0.29, 0.717) is 5.92 Å². The smallest absolute Gasteiger partial charge is 0.00752 e. The number of hydrogen-bond acceptors (Lipinski definition) is 0. The molecule has 0 aliphatic heterocycles. The Bertz CT molecular complexity index is 184. The van der Waals surface area contributed by atoms with Crippen molar-refractivity contribution in [1.82, 2.24) is 0 Å². The summed E-state index contributed by atoms with van der Waals surface area (Å²) in [7, 11) is 0. The molecule has 54 valence electrons. The van der Waals surface area contributed by atoms with Crippen LogP contribution in [0.2, 0.25) is 0 Å². The Labute approximate surface area is 62.9 Å². The van der Waals surface area contributed by atoms with Crippen molar-refractivity contribution in [1.29, 1.82) is 0 Å². The van der Waals surface area contributed by atoms with E-state index in [4.69, 9.17) is 0 Å². The van der Waals surface area contributed by atoms with Crippen LogP contribution in [0.4, 0.5) is 0 Å². The molecule has 0 heteroatoms. The normalized spacial score (nSPS) is 23.5. The molecular weight excluding hydrogens is 120 g/mol. The summed E-state index contributed by atoms with van der Waals surface area (Å²) in [6.07, 6.45) is 8.84. The molecule has 0 aromatic carbocycles. The molecule has 0 atom stereocenters. The van der Waals surface area contributed by atoms with Gasteiger partial charge in [0.25, 0.3) is 0 Å². The van der Waals surface area contributed by atoms with Gasteiger partial charge in [0.2, 0.25) is 0 Å². The summed E-state index contributed by atoms with van der Waals surface area (Å²) in [5.74, 6) is 0.614. The van der Waals surface area contributed by atoms with Crippen LogP contribution in [-0.4, -0.2) is 0 Å². The van der Waals surface area contributed by atoms with Crippen LogP contribution < -0.4 is 0 Å². The molecule has 0 N–H and O–H groups in total. The second kappa shape index (κ2) is 2.87. The van der Waals surface area contributed by atoms with E-state index in [0.717, 1.165) is 0 Å². The van der Waals surface area contributed by atoms with E-state index in [1.807, 2.05) is 0 Å². The van der Waals surface area contributed by atoms with Gasteiger partial charge in [-0.15, -0.1) is 0 Å². The molecule has 0 spiro atoms. The Morgan fingerprint density at radius 2 is 1.70 bits per heavy atom. The molecule has 0 saturated carbocycles. The molecule has 0 bridgehead atoms. The van der Waals surface area contributed by atoms with E-state index < -0.39 is 0 Å². The van der Waals surface area contributed by atoms with Crippen LogP contribution in [0.15, 0.2) is 35.5 Å². The van der Waals surface area contributed by atoms with Crippen LogP contribution in [0.3, 0.4) is 0 Å². The standard InChI is InChI=1S/C10H14/c1-8(2)10-6-4-9(3)5-7-10/h4-7,9H,1-3H3. The van der Waals surface area contributed by atoms with E-state index in [1.54, 1.807) is 0 Å². The summed E-state index contributed by atoms with van der Waals surface area (Å²) in [5, 5.41) is 0. The Balaban J connectivity index is 2.81. The fourth-order valence-electron chi connectivity index (χ4n) is 0.964. The molecule has 0 heterocycles. The van der Waals surface area contributed by atoms with Gasteiger partial charge in [0.05, 0.1) is 0 Å². The highest BCUT2D eigenvalue weighted by Gasteiger charge is 1.98. The van der Waals surface area contributed by atoms with Gasteiger partial charge in [-0.2, -0.15) is 0 Å². The van der Waals surface area contributed by atoms with Crippen LogP contribution in [0.25, 0.3) is 0 Å². The molecule has 0 radical (unpaired) electrons. The Hall–Kier alpha value is -0.780. The first-order chi connectivity index (χ1) is 4.70. The Morgan fingerprint density at radius 1 is 1.20 bits per heavy atom. The van der Waals surface area contributed by atoms with Crippen molar-refractivity contribution in [2.45, 2.75) is 20.8 Å². The zero-order valence-corrected chi connectivity index (χ0v) is 6.89. The highest BCUT2D eigenvalue weighted by Crippen LogP contribution is 2.15. The summed E-state index contributed by atoms with van der Waals surface area (Å²) in [4.78, 5) is 0. The van der Waals surface area contributed by atoms with Gasteiger partial charge in [0.1, 0.15) is 0 Å². The largest absolute Gasteiger partial charge is 0.0773 e. The zero-order valence-electron chi connectivity index (χ0n) is 6.89. The summed E-state index contributed by atoms with van der Waals surface area (Å²) < 4.78 is 0. The van der Waals surface area contributed by atoms with Gasteiger partial charge in [-0.3, -0.25) is 0 Å². The van der Waals surface area contributed by atoms with Gasteiger partial charge >= 0.3 is 0 Å². The quantitative estimate of drug-likeness (QED) is 0.477. The van der Waals surface area contributed by atoms with Gasteiger partial charge in [-0.05, 0) is 25.3 Å². The van der Waals surface area contributed by atoms with Crippen molar-refractivity contribution in [3.8, 4) is 0 Å². The Kier molecular flexibility index (Phi) is 2.10. The maximum Gasteiger partial charge on any atom is -0.00752 e. The fourth-order valence-corrected chi connectivity index (χ4v) is 0.964. The molecule has 0 nitrogen and oxygen atoms in total. The van der Waals surface area contributed by atoms with E-state index in [1.165, 1.54) is 11.1 Å². The molecule has 1 rings (SSSR count). The number of hydrogen-bond donors (Lipinski definition) is 0. The minimum absolute atomic E-state index is 0.614. The van der Waals surface area contributed by atoms with Gasteiger partial charge < -0.3 is 0 Å². The molecule has 10 heavy (non-hydrogen) atoms. The molecule has 0 aromatic rings. The summed E-state index contributed by atoms with van der Waals surface area (Å²) >= 11 is 0. The average Bonchev–Trinajstić information content (AvgIpc) is 1.88. The van der Waals surface area contributed by atoms with Crippen LogP contribution in [0.1, 0.15) is 20.8 Å². The van der Waals surface area contributed by atoms with Crippen molar-refractivity contribution in [2.75, 3.05) is 0 Å². The molecule has 1 aliphatic rings.